The van der Waals surface area contributed by atoms with E-state index in [1.807, 2.05) is 47.7 Å². The van der Waals surface area contributed by atoms with Crippen molar-refractivity contribution in [1.29, 1.82) is 0 Å². The molecule has 0 saturated heterocycles. The number of benzene rings is 1. The molecule has 1 aromatic carbocycles. The summed E-state index contributed by atoms with van der Waals surface area (Å²) in [4.78, 5) is 17.6. The summed E-state index contributed by atoms with van der Waals surface area (Å²) in [6.07, 6.45) is 0. The first-order chi connectivity index (χ1) is 8.93. The minimum Gasteiger partial charge on any atom is -0.481 e. The van der Waals surface area contributed by atoms with Gasteiger partial charge in [-0.1, -0.05) is 18.2 Å². The van der Waals surface area contributed by atoms with Crippen molar-refractivity contribution in [2.45, 2.75) is 19.3 Å². The number of aromatic nitrogens is 1. The molecule has 0 atom stereocenters. The molecule has 0 aliphatic heterocycles. The second kappa shape index (κ2) is 5.01. The Morgan fingerprint density at radius 1 is 1.32 bits per heavy atom. The average Bonchev–Trinajstić information content (AvgIpc) is 2.89. The van der Waals surface area contributed by atoms with E-state index in [0.717, 1.165) is 10.8 Å². The lowest BCUT2D eigenvalue weighted by atomic mass is 9.90. The van der Waals surface area contributed by atoms with Crippen LogP contribution in [-0.2, 0) is 10.2 Å². The maximum Gasteiger partial charge on any atom is 0.315 e. The molecule has 0 aliphatic carbocycles. The standard InChI is InChI=1S/C14H16N2O2S/c1-14(2,12(17)18)11-9-19-13(15-11)16(3)10-7-5-4-6-8-10/h4-9H,1-3H3,(H,17,18). The lowest BCUT2D eigenvalue weighted by Gasteiger charge is -2.17. The van der Waals surface area contributed by atoms with Crippen LogP contribution in [0, 0.1) is 0 Å². The Bertz CT molecular complexity index is 578. The summed E-state index contributed by atoms with van der Waals surface area (Å²) in [6, 6.07) is 9.86. The third-order valence-corrected chi connectivity index (χ3v) is 4.01. The van der Waals surface area contributed by atoms with Crippen LogP contribution in [0.4, 0.5) is 10.8 Å². The van der Waals surface area contributed by atoms with Gasteiger partial charge in [0.2, 0.25) is 0 Å². The maximum absolute atomic E-state index is 11.2. The van der Waals surface area contributed by atoms with E-state index >= 15 is 0 Å². The number of hydrogen-bond acceptors (Lipinski definition) is 4. The number of carboxylic acid groups (broad SMARTS) is 1. The number of rotatable bonds is 4. The number of hydrogen-bond donors (Lipinski definition) is 1. The van der Waals surface area contributed by atoms with Crippen LogP contribution in [0.1, 0.15) is 19.5 Å². The Morgan fingerprint density at radius 2 is 1.95 bits per heavy atom. The molecule has 0 aliphatic rings. The Balaban J connectivity index is 2.30. The van der Waals surface area contributed by atoms with Gasteiger partial charge in [-0.05, 0) is 26.0 Å². The zero-order valence-corrected chi connectivity index (χ0v) is 11.9. The van der Waals surface area contributed by atoms with Gasteiger partial charge >= 0.3 is 5.97 Å². The Kier molecular flexibility index (Phi) is 3.57. The average molecular weight is 276 g/mol. The topological polar surface area (TPSA) is 53.4 Å². The molecule has 4 nitrogen and oxygen atoms in total. The molecule has 100 valence electrons. The second-order valence-electron chi connectivity index (χ2n) is 4.84. The number of thiazole rings is 1. The van der Waals surface area contributed by atoms with Crippen molar-refractivity contribution in [2.75, 3.05) is 11.9 Å². The molecule has 2 aromatic rings. The summed E-state index contributed by atoms with van der Waals surface area (Å²) < 4.78 is 0. The molecule has 0 unspecified atom stereocenters. The molecule has 2 rings (SSSR count). The van der Waals surface area contributed by atoms with Gasteiger partial charge in [-0.3, -0.25) is 4.79 Å². The molecule has 19 heavy (non-hydrogen) atoms. The number of carbonyl (C=O) groups is 1. The number of nitrogens with zero attached hydrogens (tertiary/aromatic N) is 2. The highest BCUT2D eigenvalue weighted by molar-refractivity contribution is 7.13. The van der Waals surface area contributed by atoms with Crippen LogP contribution < -0.4 is 4.90 Å². The minimum absolute atomic E-state index is 0.586. The lowest BCUT2D eigenvalue weighted by molar-refractivity contribution is -0.142. The van der Waals surface area contributed by atoms with E-state index in [9.17, 15) is 9.90 Å². The van der Waals surface area contributed by atoms with Crippen molar-refractivity contribution in [3.8, 4) is 0 Å². The molecule has 0 amide bonds. The molecule has 0 saturated carbocycles. The first kappa shape index (κ1) is 13.5. The normalized spacial score (nSPS) is 11.3. The molecule has 0 fully saturated rings. The number of para-hydroxylation sites is 1. The van der Waals surface area contributed by atoms with E-state index in [0.29, 0.717) is 5.69 Å². The monoisotopic (exact) mass is 276 g/mol. The molecular weight excluding hydrogens is 260 g/mol. The summed E-state index contributed by atoms with van der Waals surface area (Å²) in [5.41, 5.74) is 0.644. The predicted molar refractivity (Wildman–Crippen MR) is 77.3 cm³/mol. The second-order valence-corrected chi connectivity index (χ2v) is 5.68. The van der Waals surface area contributed by atoms with Gasteiger partial charge in [0.1, 0.15) is 5.41 Å². The lowest BCUT2D eigenvalue weighted by Crippen LogP contribution is -2.29. The maximum atomic E-state index is 11.2. The quantitative estimate of drug-likeness (QED) is 0.931. The molecule has 0 spiro atoms. The molecule has 0 radical (unpaired) electrons. The summed E-state index contributed by atoms with van der Waals surface area (Å²) in [7, 11) is 1.92. The van der Waals surface area contributed by atoms with Crippen LogP contribution in [0.2, 0.25) is 0 Å². The molecule has 1 N–H and O–H groups in total. The summed E-state index contributed by atoms with van der Waals surface area (Å²) >= 11 is 1.45. The number of aliphatic carboxylic acids is 1. The number of anilines is 2. The SMILES string of the molecule is CN(c1ccccc1)c1nc(C(C)(C)C(=O)O)cs1. The zero-order chi connectivity index (χ0) is 14.0. The molecule has 0 bridgehead atoms. The first-order valence-corrected chi connectivity index (χ1v) is 6.79. The Labute approximate surface area is 116 Å². The highest BCUT2D eigenvalue weighted by Crippen LogP contribution is 2.31. The van der Waals surface area contributed by atoms with E-state index in [1.165, 1.54) is 11.3 Å². The van der Waals surface area contributed by atoms with Gasteiger partial charge in [0.25, 0.3) is 0 Å². The molecule has 1 heterocycles. The van der Waals surface area contributed by atoms with Gasteiger partial charge in [-0.25, -0.2) is 4.98 Å². The van der Waals surface area contributed by atoms with Crippen molar-refractivity contribution in [3.63, 3.8) is 0 Å². The van der Waals surface area contributed by atoms with Crippen LogP contribution in [0.25, 0.3) is 0 Å². The predicted octanol–water partition coefficient (Wildman–Crippen LogP) is 3.27. The van der Waals surface area contributed by atoms with Crippen molar-refractivity contribution >= 4 is 28.1 Å². The molecular formula is C14H16N2O2S. The van der Waals surface area contributed by atoms with E-state index < -0.39 is 11.4 Å². The Hall–Kier alpha value is -1.88. The van der Waals surface area contributed by atoms with Gasteiger partial charge < -0.3 is 10.0 Å². The zero-order valence-electron chi connectivity index (χ0n) is 11.1. The van der Waals surface area contributed by atoms with Crippen molar-refractivity contribution in [1.82, 2.24) is 4.98 Å². The van der Waals surface area contributed by atoms with Crippen LogP contribution in [0.5, 0.6) is 0 Å². The molecule has 5 heteroatoms. The van der Waals surface area contributed by atoms with Gasteiger partial charge in [0.15, 0.2) is 5.13 Å². The van der Waals surface area contributed by atoms with Gasteiger partial charge in [0.05, 0.1) is 5.69 Å². The minimum atomic E-state index is -0.966. The van der Waals surface area contributed by atoms with Crippen LogP contribution in [0.3, 0.4) is 0 Å². The van der Waals surface area contributed by atoms with E-state index in [2.05, 4.69) is 4.98 Å². The fraction of sp³-hybridized carbons (Fsp3) is 0.286. The smallest absolute Gasteiger partial charge is 0.315 e. The van der Waals surface area contributed by atoms with Gasteiger partial charge in [-0.2, -0.15) is 0 Å². The van der Waals surface area contributed by atoms with Crippen LogP contribution in [0.15, 0.2) is 35.7 Å². The third-order valence-electron chi connectivity index (χ3n) is 3.10. The summed E-state index contributed by atoms with van der Waals surface area (Å²) in [6.45, 7) is 3.33. The van der Waals surface area contributed by atoms with Crippen LogP contribution >= 0.6 is 11.3 Å². The third kappa shape index (κ3) is 2.61. The van der Waals surface area contributed by atoms with Crippen molar-refractivity contribution < 1.29 is 9.90 Å². The summed E-state index contributed by atoms with van der Waals surface area (Å²) in [5, 5.41) is 11.8. The van der Waals surface area contributed by atoms with Crippen molar-refractivity contribution in [2.24, 2.45) is 0 Å². The Morgan fingerprint density at radius 3 is 2.53 bits per heavy atom. The van der Waals surface area contributed by atoms with E-state index in [4.69, 9.17) is 0 Å². The summed E-state index contributed by atoms with van der Waals surface area (Å²) in [5.74, 6) is -0.869. The fourth-order valence-electron chi connectivity index (χ4n) is 1.58. The van der Waals surface area contributed by atoms with Gasteiger partial charge in [-0.15, -0.1) is 11.3 Å². The van der Waals surface area contributed by atoms with E-state index in [1.54, 1.807) is 13.8 Å². The van der Waals surface area contributed by atoms with E-state index in [-0.39, 0.29) is 0 Å². The largest absolute Gasteiger partial charge is 0.481 e. The fourth-order valence-corrected chi connectivity index (χ4v) is 2.56. The highest BCUT2D eigenvalue weighted by atomic mass is 32.1. The van der Waals surface area contributed by atoms with Gasteiger partial charge in [0, 0.05) is 18.1 Å². The van der Waals surface area contributed by atoms with Crippen LogP contribution in [-0.4, -0.2) is 23.1 Å². The molecule has 1 aromatic heterocycles. The first-order valence-electron chi connectivity index (χ1n) is 5.91. The highest BCUT2D eigenvalue weighted by Gasteiger charge is 2.32. The van der Waals surface area contributed by atoms with Crippen molar-refractivity contribution in [3.05, 3.63) is 41.4 Å². The number of carboxylic acids is 1.